The van der Waals surface area contributed by atoms with Crippen molar-refractivity contribution in [3.63, 3.8) is 0 Å². The molecule has 15 heavy (non-hydrogen) atoms. The topological polar surface area (TPSA) is 41.5 Å². The summed E-state index contributed by atoms with van der Waals surface area (Å²) < 4.78 is 0. The molecule has 0 radical (unpaired) electrons. The van der Waals surface area contributed by atoms with Crippen molar-refractivity contribution in [2.75, 3.05) is 0 Å². The molecule has 2 atom stereocenters. The second-order valence-corrected chi connectivity index (χ2v) is 5.50. The van der Waals surface area contributed by atoms with E-state index in [-0.39, 0.29) is 17.4 Å². The molecule has 0 amide bonds. The average Bonchev–Trinajstić information content (AvgIpc) is 2.45. The first-order valence-corrected chi connectivity index (χ1v) is 5.42. The van der Waals surface area contributed by atoms with Gasteiger partial charge in [0.2, 0.25) is 0 Å². The number of rotatable bonds is 1. The number of carbonyl (C=O) groups excluding carboxylic acids is 1. The molecule has 82 valence electrons. The Morgan fingerprint density at radius 2 is 2.27 bits per heavy atom. The van der Waals surface area contributed by atoms with Crippen molar-refractivity contribution in [2.45, 2.75) is 39.7 Å². The van der Waals surface area contributed by atoms with Crippen LogP contribution in [0, 0.1) is 11.3 Å². The van der Waals surface area contributed by atoms with E-state index in [2.05, 4.69) is 31.0 Å². The minimum absolute atomic E-state index is 0.0458. The summed E-state index contributed by atoms with van der Waals surface area (Å²) >= 11 is 0. The summed E-state index contributed by atoms with van der Waals surface area (Å²) in [6.45, 7) is 10.1. The Hall–Kier alpha value is -1.12. The summed E-state index contributed by atoms with van der Waals surface area (Å²) in [4.78, 5) is 12.0. The Morgan fingerprint density at radius 3 is 2.87 bits per heavy atom. The van der Waals surface area contributed by atoms with Gasteiger partial charge in [-0.1, -0.05) is 20.4 Å². The maximum Gasteiger partial charge on any atom is 0.144 e. The molecule has 0 aromatic heterocycles. The quantitative estimate of drug-likeness (QED) is 0.712. The van der Waals surface area contributed by atoms with Gasteiger partial charge in [0.25, 0.3) is 0 Å². The fourth-order valence-electron chi connectivity index (χ4n) is 2.64. The Kier molecular flexibility index (Phi) is 2.21. The van der Waals surface area contributed by atoms with Gasteiger partial charge in [-0.15, -0.1) is 0 Å². The van der Waals surface area contributed by atoms with Crippen LogP contribution in [0.2, 0.25) is 0 Å². The number of allylic oxidation sites excluding steroid dienone is 1. The second kappa shape index (κ2) is 3.19. The molecule has 0 spiro atoms. The number of carbonyl (C=O) groups is 1. The van der Waals surface area contributed by atoms with Gasteiger partial charge in [-0.05, 0) is 24.3 Å². The van der Waals surface area contributed by atoms with E-state index in [9.17, 15) is 4.79 Å². The summed E-state index contributed by atoms with van der Waals surface area (Å²) in [5.41, 5.74) is 4.95. The average molecular weight is 206 g/mol. The summed E-state index contributed by atoms with van der Waals surface area (Å²) in [5, 5.41) is 4.24. The van der Waals surface area contributed by atoms with Gasteiger partial charge in [0.1, 0.15) is 5.78 Å². The van der Waals surface area contributed by atoms with Crippen LogP contribution in [0.1, 0.15) is 33.6 Å². The van der Waals surface area contributed by atoms with Crippen LogP contribution >= 0.6 is 0 Å². The van der Waals surface area contributed by atoms with Crippen LogP contribution in [0.25, 0.3) is 0 Å². The molecule has 1 fully saturated rings. The van der Waals surface area contributed by atoms with Crippen LogP contribution in [-0.2, 0) is 4.79 Å². The number of nitrogens with one attached hydrogen (secondary N) is 1. The Bertz CT molecular complexity index is 355. The fraction of sp³-hybridized carbons (Fsp3) is 0.667. The van der Waals surface area contributed by atoms with E-state index in [1.54, 1.807) is 0 Å². The normalized spacial score (nSPS) is 33.0. The number of nitrogens with zero attached hydrogens (tertiary/aromatic N) is 1. The highest BCUT2D eigenvalue weighted by Gasteiger charge is 2.45. The molecule has 0 aromatic rings. The lowest BCUT2D eigenvalue weighted by atomic mass is 9.68. The molecule has 0 bridgehead atoms. The zero-order valence-corrected chi connectivity index (χ0v) is 9.63. The molecule has 2 rings (SSSR count). The van der Waals surface area contributed by atoms with E-state index in [1.807, 2.05) is 6.92 Å². The van der Waals surface area contributed by atoms with E-state index in [4.69, 9.17) is 0 Å². The lowest BCUT2D eigenvalue weighted by molar-refractivity contribution is -0.126. The molecule has 1 N–H and O–H groups in total. The van der Waals surface area contributed by atoms with E-state index in [1.165, 1.54) is 0 Å². The molecule has 0 unspecified atom stereocenters. The third-order valence-corrected chi connectivity index (χ3v) is 3.26. The lowest BCUT2D eigenvalue weighted by Gasteiger charge is -2.36. The Balaban J connectivity index is 2.25. The summed E-state index contributed by atoms with van der Waals surface area (Å²) in [6.07, 6.45) is 1.66. The molecule has 3 heteroatoms. The first-order valence-electron chi connectivity index (χ1n) is 5.42. The van der Waals surface area contributed by atoms with Crippen molar-refractivity contribution < 1.29 is 4.79 Å². The van der Waals surface area contributed by atoms with Crippen LogP contribution < -0.4 is 5.43 Å². The van der Waals surface area contributed by atoms with Gasteiger partial charge in [-0.25, -0.2) is 0 Å². The number of hydrogen-bond acceptors (Lipinski definition) is 3. The Labute approximate surface area is 90.6 Å². The lowest BCUT2D eigenvalue weighted by Crippen LogP contribution is -2.45. The van der Waals surface area contributed by atoms with Gasteiger partial charge in [0.05, 0.1) is 17.7 Å². The predicted molar refractivity (Wildman–Crippen MR) is 60.7 cm³/mol. The number of ketones is 1. The van der Waals surface area contributed by atoms with E-state index in [0.717, 1.165) is 17.7 Å². The van der Waals surface area contributed by atoms with Crippen molar-refractivity contribution in [1.29, 1.82) is 0 Å². The van der Waals surface area contributed by atoms with Gasteiger partial charge in [0.15, 0.2) is 0 Å². The third-order valence-electron chi connectivity index (χ3n) is 3.26. The molecule has 1 saturated carbocycles. The fourth-order valence-corrected chi connectivity index (χ4v) is 2.64. The first-order chi connectivity index (χ1) is 6.91. The molecular formula is C12H18N2O. The highest BCUT2D eigenvalue weighted by molar-refractivity contribution is 6.14. The second-order valence-electron chi connectivity index (χ2n) is 5.50. The maximum absolute atomic E-state index is 12.0. The summed E-state index contributed by atoms with van der Waals surface area (Å²) in [5.74, 6) is 0.263. The highest BCUT2D eigenvalue weighted by atomic mass is 16.1. The van der Waals surface area contributed by atoms with Gasteiger partial charge >= 0.3 is 0 Å². The largest absolute Gasteiger partial charge is 0.306 e. The van der Waals surface area contributed by atoms with E-state index in [0.29, 0.717) is 12.2 Å². The van der Waals surface area contributed by atoms with Gasteiger partial charge in [0, 0.05) is 6.42 Å². The van der Waals surface area contributed by atoms with Crippen molar-refractivity contribution in [3.05, 3.63) is 12.2 Å². The van der Waals surface area contributed by atoms with Crippen LogP contribution in [-0.4, -0.2) is 17.5 Å². The molecule has 0 saturated heterocycles. The predicted octanol–water partition coefficient (Wildman–Crippen LogP) is 1.90. The minimum Gasteiger partial charge on any atom is -0.306 e. The van der Waals surface area contributed by atoms with E-state index < -0.39 is 0 Å². The first kappa shape index (κ1) is 10.4. The van der Waals surface area contributed by atoms with Crippen molar-refractivity contribution in [1.82, 2.24) is 5.43 Å². The number of fused-ring (bicyclic) bond motifs is 1. The molecule has 1 heterocycles. The molecule has 1 aliphatic carbocycles. The number of hydrogen-bond donors (Lipinski definition) is 1. The molecule has 2 aliphatic rings. The number of Topliss-reactive ketones (excluding diaryl/α,β-unsaturated/α-hetero) is 1. The molecule has 1 aliphatic heterocycles. The van der Waals surface area contributed by atoms with Gasteiger partial charge in [-0.2, -0.15) is 5.10 Å². The van der Waals surface area contributed by atoms with Crippen LogP contribution in [0.4, 0.5) is 0 Å². The maximum atomic E-state index is 12.0. The number of hydrazone groups is 1. The molecule has 0 aromatic carbocycles. The van der Waals surface area contributed by atoms with Crippen molar-refractivity contribution in [2.24, 2.45) is 16.4 Å². The van der Waals surface area contributed by atoms with Crippen molar-refractivity contribution >= 4 is 11.5 Å². The third kappa shape index (κ3) is 1.71. The summed E-state index contributed by atoms with van der Waals surface area (Å²) in [6, 6.07) is 0.188. The SMILES string of the molecule is C=C(C)C1=NN[C@@H]2CC(C)(C)CC(=O)[C@H]12. The van der Waals surface area contributed by atoms with Crippen LogP contribution in [0.5, 0.6) is 0 Å². The Morgan fingerprint density at radius 1 is 1.60 bits per heavy atom. The summed E-state index contributed by atoms with van der Waals surface area (Å²) in [7, 11) is 0. The standard InChI is InChI=1S/C12H18N2O/c1-7(2)11-10-8(13-14-11)5-12(3,4)6-9(10)15/h8,10,13H,1,5-6H2,2-4H3/t8-,10-/m1/s1. The van der Waals surface area contributed by atoms with Gasteiger partial charge < -0.3 is 5.43 Å². The monoisotopic (exact) mass is 206 g/mol. The van der Waals surface area contributed by atoms with Crippen molar-refractivity contribution in [3.8, 4) is 0 Å². The van der Waals surface area contributed by atoms with E-state index >= 15 is 0 Å². The zero-order valence-electron chi connectivity index (χ0n) is 9.63. The van der Waals surface area contributed by atoms with Crippen LogP contribution in [0.15, 0.2) is 17.3 Å². The van der Waals surface area contributed by atoms with Gasteiger partial charge in [-0.3, -0.25) is 4.79 Å². The zero-order chi connectivity index (χ0) is 11.2. The van der Waals surface area contributed by atoms with Crippen LogP contribution in [0.3, 0.4) is 0 Å². The molecular weight excluding hydrogens is 188 g/mol. The smallest absolute Gasteiger partial charge is 0.144 e. The molecule has 3 nitrogen and oxygen atoms in total. The minimum atomic E-state index is -0.0458. The highest BCUT2D eigenvalue weighted by Crippen LogP contribution is 2.39.